The van der Waals surface area contributed by atoms with Crippen molar-refractivity contribution in [2.45, 2.75) is 6.18 Å². The molecule has 6 aromatic rings. The topological polar surface area (TPSA) is 69.1 Å². The summed E-state index contributed by atoms with van der Waals surface area (Å²) in [6, 6.07) is 20.0. The predicted molar refractivity (Wildman–Crippen MR) is 130 cm³/mol. The van der Waals surface area contributed by atoms with Gasteiger partial charge in [-0.25, -0.2) is 9.50 Å². The Hall–Kier alpha value is -3.95. The first kappa shape index (κ1) is 22.5. The average Bonchev–Trinajstić information content (AvgIpc) is 3.50. The molecule has 0 amide bonds. The summed E-state index contributed by atoms with van der Waals surface area (Å²) in [6.07, 6.45) is -4.69. The summed E-state index contributed by atoms with van der Waals surface area (Å²) in [5, 5.41) is 10.5. The van der Waals surface area contributed by atoms with Crippen molar-refractivity contribution in [1.29, 1.82) is 0 Å². The van der Waals surface area contributed by atoms with Crippen molar-refractivity contribution < 1.29 is 17.7 Å². The van der Waals surface area contributed by atoms with Crippen molar-refractivity contribution >= 4 is 39.6 Å². The van der Waals surface area contributed by atoms with E-state index in [2.05, 4.69) is 20.2 Å². The van der Waals surface area contributed by atoms with Crippen LogP contribution < -0.4 is 0 Å². The Morgan fingerprint density at radius 1 is 0.806 bits per heavy atom. The van der Waals surface area contributed by atoms with Crippen molar-refractivity contribution in [3.8, 4) is 34.2 Å². The summed E-state index contributed by atoms with van der Waals surface area (Å²) in [5.41, 5.74) is 0.183. The highest BCUT2D eigenvalue weighted by Crippen LogP contribution is 2.35. The molecule has 0 bridgehead atoms. The maximum atomic E-state index is 14.0. The Bertz CT molecular complexity index is 1780. The second kappa shape index (κ2) is 8.32. The lowest BCUT2D eigenvalue weighted by Crippen LogP contribution is -2.13. The summed E-state index contributed by atoms with van der Waals surface area (Å²) in [6.45, 7) is 0. The van der Waals surface area contributed by atoms with Gasteiger partial charge in [-0.3, -0.25) is 0 Å². The van der Waals surface area contributed by atoms with Crippen molar-refractivity contribution in [3.05, 3.63) is 88.5 Å². The van der Waals surface area contributed by atoms with E-state index in [9.17, 15) is 13.2 Å². The third kappa shape index (κ3) is 3.96. The van der Waals surface area contributed by atoms with Gasteiger partial charge in [-0.05, 0) is 41.1 Å². The van der Waals surface area contributed by atoms with Crippen LogP contribution in [0.3, 0.4) is 0 Å². The van der Waals surface area contributed by atoms with Crippen LogP contribution in [-0.4, -0.2) is 24.7 Å². The maximum absolute atomic E-state index is 14.0. The van der Waals surface area contributed by atoms with Crippen molar-refractivity contribution in [1.82, 2.24) is 24.7 Å². The zero-order valence-electron chi connectivity index (χ0n) is 18.0. The summed E-state index contributed by atoms with van der Waals surface area (Å²) in [7, 11) is 0. The molecule has 0 atom stereocenters. The first-order valence-corrected chi connectivity index (χ1v) is 11.3. The Kier molecular flexibility index (Phi) is 5.20. The number of alkyl halides is 3. The van der Waals surface area contributed by atoms with E-state index in [1.165, 1.54) is 12.1 Å². The summed E-state index contributed by atoms with van der Waals surface area (Å²) in [5.74, 6) is 0.0616. The van der Waals surface area contributed by atoms with E-state index in [4.69, 9.17) is 27.7 Å². The highest BCUT2D eigenvalue weighted by Gasteiger charge is 2.35. The van der Waals surface area contributed by atoms with Gasteiger partial charge in [0.1, 0.15) is 0 Å². The zero-order valence-corrected chi connectivity index (χ0v) is 19.5. The fraction of sp³-hybridized carbons (Fsp3) is 0.0400. The van der Waals surface area contributed by atoms with E-state index in [1.807, 2.05) is 30.3 Å². The Morgan fingerprint density at radius 3 is 2.39 bits per heavy atom. The molecule has 11 heteroatoms. The van der Waals surface area contributed by atoms with Gasteiger partial charge in [0, 0.05) is 22.2 Å². The second-order valence-electron chi connectivity index (χ2n) is 7.93. The molecule has 0 unspecified atom stereocenters. The van der Waals surface area contributed by atoms with Crippen molar-refractivity contribution in [3.63, 3.8) is 0 Å². The summed E-state index contributed by atoms with van der Waals surface area (Å²) < 4.78 is 48.0. The van der Waals surface area contributed by atoms with Crippen molar-refractivity contribution in [2.75, 3.05) is 0 Å². The molecule has 36 heavy (non-hydrogen) atoms. The molecule has 0 aliphatic rings. The molecule has 3 aromatic carbocycles. The molecule has 0 fully saturated rings. The number of hydrogen-bond acceptors (Lipinski definition) is 5. The summed E-state index contributed by atoms with van der Waals surface area (Å²) >= 11 is 12.1. The Morgan fingerprint density at radius 2 is 1.61 bits per heavy atom. The standard InChI is InChI=1S/C25H12Cl2F3N5O/c26-16-7-8-17(18(27)10-16)23-32-24(36-34-23)20-12-22-31-19(11-21(25(28,29)30)35(22)33-20)15-6-5-13-3-1-2-4-14(13)9-15/h1-12H. The highest BCUT2D eigenvalue weighted by molar-refractivity contribution is 6.36. The SMILES string of the molecule is FC(F)(F)c1cc(-c2ccc3ccccc3c2)nc2cc(-c3nc(-c4ccc(Cl)cc4Cl)no3)nn12. The minimum absolute atomic E-state index is 0.0211. The minimum Gasteiger partial charge on any atom is -0.332 e. The molecule has 178 valence electrons. The molecule has 0 saturated heterocycles. The van der Waals surface area contributed by atoms with E-state index in [0.717, 1.165) is 21.4 Å². The highest BCUT2D eigenvalue weighted by atomic mass is 35.5. The Balaban J connectivity index is 1.47. The van der Waals surface area contributed by atoms with Crippen LogP contribution in [0.5, 0.6) is 0 Å². The lowest BCUT2D eigenvalue weighted by atomic mass is 10.0. The maximum Gasteiger partial charge on any atom is 0.433 e. The largest absolute Gasteiger partial charge is 0.433 e. The van der Waals surface area contributed by atoms with Gasteiger partial charge in [-0.15, -0.1) is 0 Å². The van der Waals surface area contributed by atoms with E-state index < -0.39 is 11.9 Å². The monoisotopic (exact) mass is 525 g/mol. The second-order valence-corrected chi connectivity index (χ2v) is 8.78. The molecule has 3 heterocycles. The van der Waals surface area contributed by atoms with Crippen LogP contribution in [0.25, 0.3) is 50.6 Å². The molecule has 6 nitrogen and oxygen atoms in total. The molecular weight excluding hydrogens is 514 g/mol. The first-order valence-electron chi connectivity index (χ1n) is 10.5. The molecule has 0 aliphatic carbocycles. The number of aromatic nitrogens is 5. The number of fused-ring (bicyclic) bond motifs is 2. The van der Waals surface area contributed by atoms with Gasteiger partial charge in [-0.2, -0.15) is 23.3 Å². The van der Waals surface area contributed by atoms with Crippen molar-refractivity contribution in [2.24, 2.45) is 0 Å². The van der Waals surface area contributed by atoms with E-state index in [1.54, 1.807) is 24.3 Å². The summed E-state index contributed by atoms with van der Waals surface area (Å²) in [4.78, 5) is 8.69. The first-order chi connectivity index (χ1) is 17.3. The number of benzene rings is 3. The third-order valence-corrected chi connectivity index (χ3v) is 6.13. The fourth-order valence-electron chi connectivity index (χ4n) is 3.89. The molecule has 6 rings (SSSR count). The Labute approximate surface area is 210 Å². The molecule has 0 spiro atoms. The van der Waals surface area contributed by atoms with Gasteiger partial charge in [0.15, 0.2) is 17.0 Å². The number of halogens is 5. The predicted octanol–water partition coefficient (Wildman–Crippen LogP) is 7.59. The lowest BCUT2D eigenvalue weighted by molar-refractivity contribution is -0.142. The van der Waals surface area contributed by atoms with Gasteiger partial charge in [0.05, 0.1) is 10.7 Å². The van der Waals surface area contributed by atoms with Crippen LogP contribution >= 0.6 is 23.2 Å². The molecule has 0 N–H and O–H groups in total. The molecule has 3 aromatic heterocycles. The molecule has 0 saturated carbocycles. The number of rotatable bonds is 3. The van der Waals surface area contributed by atoms with Crippen LogP contribution in [-0.2, 0) is 6.18 Å². The lowest BCUT2D eigenvalue weighted by Gasteiger charge is -2.11. The smallest absolute Gasteiger partial charge is 0.332 e. The molecule has 0 radical (unpaired) electrons. The average molecular weight is 526 g/mol. The number of hydrogen-bond donors (Lipinski definition) is 0. The minimum atomic E-state index is -4.69. The quantitative estimate of drug-likeness (QED) is 0.238. The van der Waals surface area contributed by atoms with Crippen LogP contribution in [0, 0.1) is 0 Å². The van der Waals surface area contributed by atoms with Gasteiger partial charge < -0.3 is 4.52 Å². The molecular formula is C25H12Cl2F3N5O. The van der Waals surface area contributed by atoms with Gasteiger partial charge >= 0.3 is 6.18 Å². The van der Waals surface area contributed by atoms with E-state index in [0.29, 0.717) is 21.2 Å². The normalized spacial score (nSPS) is 12.0. The van der Waals surface area contributed by atoms with Crippen LogP contribution in [0.15, 0.2) is 77.3 Å². The molecule has 0 aliphatic heterocycles. The van der Waals surface area contributed by atoms with Gasteiger partial charge in [0.2, 0.25) is 5.82 Å². The van der Waals surface area contributed by atoms with Crippen LogP contribution in [0.2, 0.25) is 10.0 Å². The van der Waals surface area contributed by atoms with Gasteiger partial charge in [-0.1, -0.05) is 64.8 Å². The van der Waals surface area contributed by atoms with Gasteiger partial charge in [0.25, 0.3) is 5.89 Å². The third-order valence-electron chi connectivity index (χ3n) is 5.58. The number of nitrogens with zero attached hydrogens (tertiary/aromatic N) is 5. The van der Waals surface area contributed by atoms with Crippen LogP contribution in [0.4, 0.5) is 13.2 Å². The van der Waals surface area contributed by atoms with E-state index >= 15 is 0 Å². The zero-order chi connectivity index (χ0) is 25.0. The van der Waals surface area contributed by atoms with Crippen LogP contribution in [0.1, 0.15) is 5.69 Å². The van der Waals surface area contributed by atoms with E-state index in [-0.39, 0.29) is 28.8 Å². The fourth-order valence-corrected chi connectivity index (χ4v) is 4.38.